The molecule has 1 saturated heterocycles. The number of halogens is 3. The van der Waals surface area contributed by atoms with Gasteiger partial charge in [0.15, 0.2) is 0 Å². The smallest absolute Gasteiger partial charge is 0.406 e. The zero-order valence-corrected chi connectivity index (χ0v) is 22.0. The number of anilines is 1. The highest BCUT2D eigenvalue weighted by Crippen LogP contribution is 2.27. The summed E-state index contributed by atoms with van der Waals surface area (Å²) in [5, 5.41) is 7.90. The molecule has 40 heavy (non-hydrogen) atoms. The van der Waals surface area contributed by atoms with Crippen LogP contribution in [0.2, 0.25) is 0 Å². The van der Waals surface area contributed by atoms with E-state index in [0.29, 0.717) is 31.5 Å². The van der Waals surface area contributed by atoms with Gasteiger partial charge < -0.3 is 14.2 Å². The van der Waals surface area contributed by atoms with Crippen molar-refractivity contribution < 1.29 is 30.8 Å². The Bertz CT molecular complexity index is 1660. The number of piperidine rings is 1. The van der Waals surface area contributed by atoms with Crippen LogP contribution in [0.3, 0.4) is 0 Å². The van der Waals surface area contributed by atoms with E-state index in [-0.39, 0.29) is 40.5 Å². The van der Waals surface area contributed by atoms with Crippen LogP contribution in [0.5, 0.6) is 5.75 Å². The van der Waals surface area contributed by atoms with Gasteiger partial charge in [-0.1, -0.05) is 17.3 Å². The molecule has 0 spiro atoms. The summed E-state index contributed by atoms with van der Waals surface area (Å²) in [6.45, 7) is 1.40. The summed E-state index contributed by atoms with van der Waals surface area (Å²) in [6.07, 6.45) is -2.40. The third-order valence-electron chi connectivity index (χ3n) is 6.51. The highest BCUT2D eigenvalue weighted by molar-refractivity contribution is 7.91. The van der Waals surface area contributed by atoms with Crippen molar-refractivity contribution in [1.29, 1.82) is 0 Å². The molecule has 2 aromatic heterocycles. The molecule has 0 unspecified atom stereocenters. The lowest BCUT2D eigenvalue weighted by Crippen LogP contribution is -2.39. The maximum absolute atomic E-state index is 12.6. The van der Waals surface area contributed by atoms with Gasteiger partial charge in [-0.05, 0) is 60.9 Å². The Kier molecular flexibility index (Phi) is 7.36. The van der Waals surface area contributed by atoms with Gasteiger partial charge in [0.25, 0.3) is 11.4 Å². The van der Waals surface area contributed by atoms with E-state index in [4.69, 9.17) is 4.52 Å². The molecule has 0 radical (unpaired) electrons. The minimum Gasteiger partial charge on any atom is -0.406 e. The number of ether oxygens (including phenoxy) is 1. The number of hydrogen-bond acceptors (Lipinski definition) is 9. The fraction of sp³-hybridized carbons (Fsp3) is 0.308. The van der Waals surface area contributed by atoms with E-state index >= 15 is 0 Å². The molecular formula is C26H24F3N5O5S. The maximum atomic E-state index is 12.6. The number of nitrogens with zero attached hydrogens (tertiary/aromatic N) is 5. The largest absolute Gasteiger partial charge is 0.573 e. The van der Waals surface area contributed by atoms with E-state index in [1.807, 2.05) is 24.3 Å². The summed E-state index contributed by atoms with van der Waals surface area (Å²) in [5.41, 5.74) is 2.05. The van der Waals surface area contributed by atoms with E-state index in [0.717, 1.165) is 23.4 Å². The van der Waals surface area contributed by atoms with Crippen LogP contribution in [0.1, 0.15) is 18.4 Å². The van der Waals surface area contributed by atoms with Crippen molar-refractivity contribution in [3.05, 3.63) is 76.6 Å². The van der Waals surface area contributed by atoms with Crippen molar-refractivity contribution in [2.45, 2.75) is 31.0 Å². The molecule has 3 heterocycles. The fourth-order valence-corrected chi connectivity index (χ4v) is 5.56. The molecule has 4 aromatic rings. The maximum Gasteiger partial charge on any atom is 0.573 e. The third kappa shape index (κ3) is 6.50. The standard InChI is InChI=1S/C26H24F3N5O5S/c1-40(36,37)21-11-13-33(14-12-21)19-4-2-3-17(15-19)16-34-23(35)10-9-22(31-34)25-30-24(32-39-25)18-5-7-20(8-6-18)38-26(27,28)29/h2-10,15,21H,11-14,16H2,1H3. The molecule has 0 saturated carbocycles. The van der Waals surface area contributed by atoms with Crippen LogP contribution in [-0.2, 0) is 16.4 Å². The Morgan fingerprint density at radius 3 is 2.45 bits per heavy atom. The normalized spacial score (nSPS) is 14.8. The van der Waals surface area contributed by atoms with Crippen molar-refractivity contribution >= 4 is 15.5 Å². The van der Waals surface area contributed by atoms with Gasteiger partial charge >= 0.3 is 6.36 Å². The number of rotatable bonds is 7. The first-order valence-electron chi connectivity index (χ1n) is 12.3. The number of alkyl halides is 3. The molecule has 0 atom stereocenters. The Balaban J connectivity index is 1.30. The Labute approximate surface area is 226 Å². The summed E-state index contributed by atoms with van der Waals surface area (Å²) in [7, 11) is -3.07. The Morgan fingerprint density at radius 2 is 1.77 bits per heavy atom. The minimum absolute atomic E-state index is 0.0295. The molecule has 1 aliphatic rings. The van der Waals surface area contributed by atoms with Crippen molar-refractivity contribution in [3.63, 3.8) is 0 Å². The van der Waals surface area contributed by atoms with E-state index in [1.165, 1.54) is 35.2 Å². The summed E-state index contributed by atoms with van der Waals surface area (Å²) < 4.78 is 71.3. The fourth-order valence-electron chi connectivity index (χ4n) is 4.49. The zero-order valence-electron chi connectivity index (χ0n) is 21.2. The average Bonchev–Trinajstić information content (AvgIpc) is 3.40. The topological polar surface area (TPSA) is 120 Å². The van der Waals surface area contributed by atoms with Gasteiger partial charge in [-0.3, -0.25) is 4.79 Å². The Hall–Kier alpha value is -4.20. The first-order chi connectivity index (χ1) is 18.9. The van der Waals surface area contributed by atoms with Gasteiger partial charge in [0.05, 0.1) is 11.8 Å². The first-order valence-corrected chi connectivity index (χ1v) is 14.2. The molecule has 2 aromatic carbocycles. The summed E-state index contributed by atoms with van der Waals surface area (Å²) in [6, 6.07) is 15.4. The minimum atomic E-state index is -4.80. The summed E-state index contributed by atoms with van der Waals surface area (Å²) in [4.78, 5) is 18.9. The summed E-state index contributed by atoms with van der Waals surface area (Å²) in [5.74, 6) is -0.224. The van der Waals surface area contributed by atoms with Crippen LogP contribution >= 0.6 is 0 Å². The molecule has 0 bridgehead atoms. The molecule has 10 nitrogen and oxygen atoms in total. The third-order valence-corrected chi connectivity index (χ3v) is 8.20. The number of aromatic nitrogens is 4. The second-order valence-electron chi connectivity index (χ2n) is 9.40. The lowest BCUT2D eigenvalue weighted by atomic mass is 10.1. The highest BCUT2D eigenvalue weighted by atomic mass is 32.2. The van der Waals surface area contributed by atoms with Crippen molar-refractivity contribution in [2.75, 3.05) is 24.2 Å². The molecule has 14 heteroatoms. The Morgan fingerprint density at radius 1 is 1.05 bits per heavy atom. The second-order valence-corrected chi connectivity index (χ2v) is 11.7. The molecule has 0 aliphatic carbocycles. The van der Waals surface area contributed by atoms with Gasteiger partial charge in [-0.15, -0.1) is 13.2 Å². The SMILES string of the molecule is CS(=O)(=O)C1CCN(c2cccc(Cn3nc(-c4nc(-c5ccc(OC(F)(F)F)cc5)no4)ccc3=O)c2)CC1. The molecule has 5 rings (SSSR count). The molecular weight excluding hydrogens is 551 g/mol. The number of hydrogen-bond donors (Lipinski definition) is 0. The molecule has 0 N–H and O–H groups in total. The van der Waals surface area contributed by atoms with E-state index in [9.17, 15) is 26.4 Å². The van der Waals surface area contributed by atoms with E-state index in [1.54, 1.807) is 0 Å². The molecule has 0 amide bonds. The lowest BCUT2D eigenvalue weighted by molar-refractivity contribution is -0.274. The second kappa shape index (κ2) is 10.8. The predicted octanol–water partition coefficient (Wildman–Crippen LogP) is 3.92. The number of benzene rings is 2. The highest BCUT2D eigenvalue weighted by Gasteiger charge is 2.31. The van der Waals surface area contributed by atoms with Crippen molar-refractivity contribution in [2.24, 2.45) is 0 Å². The van der Waals surface area contributed by atoms with Gasteiger partial charge in [0.1, 0.15) is 21.3 Å². The van der Waals surface area contributed by atoms with Crippen molar-refractivity contribution in [3.8, 4) is 28.7 Å². The van der Waals surface area contributed by atoms with Gasteiger partial charge in [-0.25, -0.2) is 13.1 Å². The van der Waals surface area contributed by atoms with Gasteiger partial charge in [0.2, 0.25) is 5.82 Å². The van der Waals surface area contributed by atoms with Crippen LogP contribution < -0.4 is 15.2 Å². The monoisotopic (exact) mass is 575 g/mol. The zero-order chi connectivity index (χ0) is 28.5. The number of sulfone groups is 1. The van der Waals surface area contributed by atoms with E-state index < -0.39 is 16.2 Å². The van der Waals surface area contributed by atoms with Crippen LogP contribution in [0.25, 0.3) is 23.0 Å². The lowest BCUT2D eigenvalue weighted by Gasteiger charge is -2.33. The van der Waals surface area contributed by atoms with Gasteiger partial charge in [-0.2, -0.15) is 10.1 Å². The van der Waals surface area contributed by atoms with E-state index in [2.05, 4.69) is 24.9 Å². The van der Waals surface area contributed by atoms with Crippen LogP contribution in [0.15, 0.2) is 70.0 Å². The predicted molar refractivity (Wildman–Crippen MR) is 140 cm³/mol. The van der Waals surface area contributed by atoms with Crippen LogP contribution in [0, 0.1) is 0 Å². The van der Waals surface area contributed by atoms with Crippen molar-refractivity contribution in [1.82, 2.24) is 19.9 Å². The average molecular weight is 576 g/mol. The van der Waals surface area contributed by atoms with Gasteiger partial charge in [0, 0.05) is 36.7 Å². The molecule has 1 aliphatic heterocycles. The quantitative estimate of drug-likeness (QED) is 0.323. The molecule has 1 fully saturated rings. The summed E-state index contributed by atoms with van der Waals surface area (Å²) >= 11 is 0. The molecule has 210 valence electrons. The van der Waals surface area contributed by atoms with Crippen LogP contribution in [-0.4, -0.2) is 59.3 Å². The first kappa shape index (κ1) is 27.4. The van der Waals surface area contributed by atoms with Crippen LogP contribution in [0.4, 0.5) is 18.9 Å².